The van der Waals surface area contributed by atoms with Crippen molar-refractivity contribution in [3.63, 3.8) is 0 Å². The minimum absolute atomic E-state index is 0.0482. The molecule has 0 amide bonds. The van der Waals surface area contributed by atoms with Crippen LogP contribution in [-0.2, 0) is 0 Å². The molecule has 2 aromatic carbocycles. The summed E-state index contributed by atoms with van der Waals surface area (Å²) in [5.74, 6) is 0.879. The van der Waals surface area contributed by atoms with Crippen molar-refractivity contribution in [2.75, 3.05) is 7.11 Å². The topological polar surface area (TPSA) is 33.0 Å². The summed E-state index contributed by atoms with van der Waals surface area (Å²) in [6, 6.07) is 18.4. The number of hydrogen-bond donors (Lipinski definition) is 0. The van der Waals surface area contributed by atoms with E-state index < -0.39 is 0 Å². The number of rotatable bonds is 2. The molecule has 0 radical (unpaired) electrons. The highest BCUT2D eigenvalue weighted by atomic mass is 16.5. The van der Waals surface area contributed by atoms with E-state index >= 15 is 0 Å². The number of ether oxygens (including phenoxy) is 1. The first kappa shape index (κ1) is 11.6. The molecule has 0 saturated heterocycles. The summed E-state index contributed by atoms with van der Waals surface area (Å²) in [6.07, 6.45) is 1.98. The molecule has 2 nitrogen and oxygen atoms in total. The van der Waals surface area contributed by atoms with E-state index in [9.17, 15) is 5.26 Å². The zero-order chi connectivity index (χ0) is 13.2. The fourth-order valence-corrected chi connectivity index (χ4v) is 2.58. The van der Waals surface area contributed by atoms with E-state index in [4.69, 9.17) is 4.74 Å². The SMILES string of the molecule is COc1ccc(C2C(C#N)=Cc3ccccc32)cc1. The molecule has 0 aromatic heterocycles. The predicted molar refractivity (Wildman–Crippen MR) is 74.9 cm³/mol. The Kier molecular flexibility index (Phi) is 2.81. The van der Waals surface area contributed by atoms with Crippen molar-refractivity contribution in [2.45, 2.75) is 5.92 Å². The maximum absolute atomic E-state index is 9.33. The zero-order valence-corrected chi connectivity index (χ0v) is 10.6. The number of methoxy groups -OCH3 is 1. The third-order valence-corrected chi connectivity index (χ3v) is 3.51. The van der Waals surface area contributed by atoms with Crippen molar-refractivity contribution in [3.05, 3.63) is 70.8 Å². The molecule has 0 bridgehead atoms. The standard InChI is InChI=1S/C17H13NO/c1-19-15-8-6-12(7-9-15)17-14(11-18)10-13-4-2-3-5-16(13)17/h2-10,17H,1H3. The molecule has 1 atom stereocenters. The van der Waals surface area contributed by atoms with Gasteiger partial charge in [-0.15, -0.1) is 0 Å². The van der Waals surface area contributed by atoms with Gasteiger partial charge in [0.25, 0.3) is 0 Å². The number of fused-ring (bicyclic) bond motifs is 1. The molecule has 0 aliphatic heterocycles. The van der Waals surface area contributed by atoms with Gasteiger partial charge in [0, 0.05) is 11.5 Å². The van der Waals surface area contributed by atoms with Gasteiger partial charge in [-0.1, -0.05) is 36.4 Å². The number of nitrogens with zero attached hydrogens (tertiary/aromatic N) is 1. The van der Waals surface area contributed by atoms with Crippen molar-refractivity contribution in [3.8, 4) is 11.8 Å². The van der Waals surface area contributed by atoms with Crippen LogP contribution in [0.25, 0.3) is 6.08 Å². The molecule has 1 aliphatic carbocycles. The zero-order valence-electron chi connectivity index (χ0n) is 10.6. The Hall–Kier alpha value is -2.53. The van der Waals surface area contributed by atoms with Crippen LogP contribution in [0.1, 0.15) is 22.6 Å². The summed E-state index contributed by atoms with van der Waals surface area (Å²) in [6.45, 7) is 0. The summed E-state index contributed by atoms with van der Waals surface area (Å²) in [5.41, 5.74) is 4.26. The van der Waals surface area contributed by atoms with Gasteiger partial charge in [-0.3, -0.25) is 0 Å². The van der Waals surface area contributed by atoms with Crippen molar-refractivity contribution < 1.29 is 4.74 Å². The van der Waals surface area contributed by atoms with Gasteiger partial charge in [-0.2, -0.15) is 5.26 Å². The molecule has 0 heterocycles. The molecule has 0 N–H and O–H groups in total. The lowest BCUT2D eigenvalue weighted by atomic mass is 9.89. The summed E-state index contributed by atoms with van der Waals surface area (Å²) < 4.78 is 5.17. The van der Waals surface area contributed by atoms with Crippen LogP contribution in [0.4, 0.5) is 0 Å². The Morgan fingerprint density at radius 1 is 1.05 bits per heavy atom. The summed E-state index contributed by atoms with van der Waals surface area (Å²) in [7, 11) is 1.65. The van der Waals surface area contributed by atoms with Crippen LogP contribution in [-0.4, -0.2) is 7.11 Å². The maximum atomic E-state index is 9.33. The van der Waals surface area contributed by atoms with Gasteiger partial charge in [0.05, 0.1) is 13.2 Å². The molecule has 0 fully saturated rings. The van der Waals surface area contributed by atoms with Crippen LogP contribution >= 0.6 is 0 Å². The molecular weight excluding hydrogens is 234 g/mol. The van der Waals surface area contributed by atoms with Crippen LogP contribution in [0.3, 0.4) is 0 Å². The molecular formula is C17H13NO. The van der Waals surface area contributed by atoms with Crippen LogP contribution in [0.5, 0.6) is 5.75 Å². The highest BCUT2D eigenvalue weighted by Crippen LogP contribution is 2.40. The van der Waals surface area contributed by atoms with E-state index in [1.54, 1.807) is 7.11 Å². The van der Waals surface area contributed by atoms with E-state index in [-0.39, 0.29) is 5.92 Å². The van der Waals surface area contributed by atoms with Gasteiger partial charge in [0.15, 0.2) is 0 Å². The first-order valence-electron chi connectivity index (χ1n) is 6.18. The van der Waals surface area contributed by atoms with Gasteiger partial charge in [-0.05, 0) is 34.9 Å². The normalized spacial score (nSPS) is 16.4. The average Bonchev–Trinajstić information content (AvgIpc) is 2.86. The first-order chi connectivity index (χ1) is 9.33. The van der Waals surface area contributed by atoms with Crippen LogP contribution in [0.2, 0.25) is 0 Å². The molecule has 2 aromatic rings. The highest BCUT2D eigenvalue weighted by Gasteiger charge is 2.26. The number of benzene rings is 2. The minimum Gasteiger partial charge on any atom is -0.497 e. The quantitative estimate of drug-likeness (QED) is 0.809. The van der Waals surface area contributed by atoms with Gasteiger partial charge < -0.3 is 4.74 Å². The van der Waals surface area contributed by atoms with Crippen LogP contribution in [0.15, 0.2) is 54.1 Å². The van der Waals surface area contributed by atoms with E-state index in [0.717, 1.165) is 22.4 Å². The Bertz CT molecular complexity index is 677. The second-order valence-corrected chi connectivity index (χ2v) is 4.55. The number of hydrogen-bond acceptors (Lipinski definition) is 2. The van der Waals surface area contributed by atoms with E-state index in [0.29, 0.717) is 0 Å². The second-order valence-electron chi connectivity index (χ2n) is 4.55. The third kappa shape index (κ3) is 1.90. The number of nitriles is 1. The molecule has 19 heavy (non-hydrogen) atoms. The predicted octanol–water partition coefficient (Wildman–Crippen LogP) is 3.75. The van der Waals surface area contributed by atoms with Crippen molar-refractivity contribution in [1.82, 2.24) is 0 Å². The maximum Gasteiger partial charge on any atom is 0.118 e. The molecule has 92 valence electrons. The van der Waals surface area contributed by atoms with E-state index in [1.165, 1.54) is 5.56 Å². The largest absolute Gasteiger partial charge is 0.497 e. The molecule has 3 rings (SSSR count). The Balaban J connectivity index is 2.08. The number of allylic oxidation sites excluding steroid dienone is 1. The smallest absolute Gasteiger partial charge is 0.118 e. The lowest BCUT2D eigenvalue weighted by Crippen LogP contribution is -2.00. The lowest BCUT2D eigenvalue weighted by molar-refractivity contribution is 0.414. The summed E-state index contributed by atoms with van der Waals surface area (Å²) in [4.78, 5) is 0. The molecule has 0 spiro atoms. The monoisotopic (exact) mass is 247 g/mol. The summed E-state index contributed by atoms with van der Waals surface area (Å²) in [5, 5.41) is 9.33. The highest BCUT2D eigenvalue weighted by molar-refractivity contribution is 5.72. The first-order valence-corrected chi connectivity index (χ1v) is 6.18. The van der Waals surface area contributed by atoms with Crippen LogP contribution in [0, 0.1) is 11.3 Å². The van der Waals surface area contributed by atoms with Gasteiger partial charge >= 0.3 is 0 Å². The molecule has 1 aliphatic rings. The van der Waals surface area contributed by atoms with Crippen molar-refractivity contribution in [2.24, 2.45) is 0 Å². The summed E-state index contributed by atoms with van der Waals surface area (Å²) >= 11 is 0. The Morgan fingerprint density at radius 3 is 2.47 bits per heavy atom. The minimum atomic E-state index is 0.0482. The molecule has 1 unspecified atom stereocenters. The van der Waals surface area contributed by atoms with Gasteiger partial charge in [0.1, 0.15) is 5.75 Å². The molecule has 0 saturated carbocycles. The Morgan fingerprint density at radius 2 is 1.79 bits per heavy atom. The molecule has 2 heteroatoms. The fraction of sp³-hybridized carbons (Fsp3) is 0.118. The van der Waals surface area contributed by atoms with E-state index in [2.05, 4.69) is 18.2 Å². The van der Waals surface area contributed by atoms with Gasteiger partial charge in [0.2, 0.25) is 0 Å². The van der Waals surface area contributed by atoms with Crippen molar-refractivity contribution >= 4 is 6.08 Å². The Labute approximate surface area is 112 Å². The third-order valence-electron chi connectivity index (χ3n) is 3.51. The van der Waals surface area contributed by atoms with Gasteiger partial charge in [-0.25, -0.2) is 0 Å². The van der Waals surface area contributed by atoms with Crippen molar-refractivity contribution in [1.29, 1.82) is 5.26 Å². The average molecular weight is 247 g/mol. The van der Waals surface area contributed by atoms with E-state index in [1.807, 2.05) is 42.5 Å². The lowest BCUT2D eigenvalue weighted by Gasteiger charge is -2.14. The van der Waals surface area contributed by atoms with Crippen LogP contribution < -0.4 is 4.74 Å². The fourth-order valence-electron chi connectivity index (χ4n) is 2.58. The second kappa shape index (κ2) is 4.62.